The van der Waals surface area contributed by atoms with E-state index in [1.54, 1.807) is 0 Å². The summed E-state index contributed by atoms with van der Waals surface area (Å²) in [6.45, 7) is 4.40. The highest BCUT2D eigenvalue weighted by Gasteiger charge is 2.14. The number of hydrogen-bond donors (Lipinski definition) is 1. The van der Waals surface area contributed by atoms with E-state index in [1.807, 2.05) is 0 Å². The molecule has 0 amide bonds. The highest BCUT2D eigenvalue weighted by molar-refractivity contribution is 5.69. The monoisotopic (exact) mass is 584 g/mol. The van der Waals surface area contributed by atoms with E-state index < -0.39 is 5.97 Å². The second kappa shape index (κ2) is 33.1. The number of aliphatic carboxylic acids is 1. The molecule has 0 aromatic heterocycles. The molecule has 0 rings (SSSR count). The van der Waals surface area contributed by atoms with Crippen LogP contribution in [0.25, 0.3) is 0 Å². The summed E-state index contributed by atoms with van der Waals surface area (Å²) in [7, 11) is 0. The van der Waals surface area contributed by atoms with Gasteiger partial charge in [0.15, 0.2) is 0 Å². The lowest BCUT2D eigenvalue weighted by Crippen LogP contribution is -2.18. The summed E-state index contributed by atoms with van der Waals surface area (Å²) in [5.41, 5.74) is 0. The average Bonchev–Trinajstić information content (AvgIpc) is 2.97. The summed E-state index contributed by atoms with van der Waals surface area (Å²) in [5.74, 6) is -0.844. The number of allylic oxidation sites excluding steroid dienone is 10. The molecule has 0 heterocycles. The Morgan fingerprint density at radius 1 is 0.548 bits per heavy atom. The Labute approximate surface area is 259 Å². The first-order valence-electron chi connectivity index (χ1n) is 17.3. The molecule has 0 saturated heterocycles. The summed E-state index contributed by atoms with van der Waals surface area (Å²) in [4.78, 5) is 23.3. The number of carboxylic acids is 1. The van der Waals surface area contributed by atoms with Gasteiger partial charge in [-0.25, -0.2) is 0 Å². The van der Waals surface area contributed by atoms with Crippen molar-refractivity contribution in [2.45, 2.75) is 168 Å². The molecule has 42 heavy (non-hydrogen) atoms. The lowest BCUT2D eigenvalue weighted by atomic mass is 10.0. The SMILES string of the molecule is CC/C=C\C/C=C\C/C=C\C/C=C\C/C=C\CCCCCC(=O)OC(CCCCCCCCCC)CCCCC(=O)O. The zero-order chi connectivity index (χ0) is 30.8. The van der Waals surface area contributed by atoms with Crippen molar-refractivity contribution < 1.29 is 19.4 Å². The van der Waals surface area contributed by atoms with Gasteiger partial charge in [0.2, 0.25) is 0 Å². The van der Waals surface area contributed by atoms with Crippen LogP contribution >= 0.6 is 0 Å². The van der Waals surface area contributed by atoms with Crippen LogP contribution in [0.5, 0.6) is 0 Å². The number of esters is 1. The molecule has 0 aliphatic heterocycles. The molecular formula is C38H64O4. The molecule has 0 aromatic carbocycles. The fraction of sp³-hybridized carbons (Fsp3) is 0.684. The first-order valence-corrected chi connectivity index (χ1v) is 17.3. The van der Waals surface area contributed by atoms with Crippen molar-refractivity contribution in [1.29, 1.82) is 0 Å². The van der Waals surface area contributed by atoms with Crippen molar-refractivity contribution in [1.82, 2.24) is 0 Å². The molecule has 240 valence electrons. The van der Waals surface area contributed by atoms with E-state index in [9.17, 15) is 9.59 Å². The lowest BCUT2D eigenvalue weighted by molar-refractivity contribution is -0.150. The molecule has 0 aliphatic rings. The Kier molecular flexibility index (Phi) is 31.3. The topological polar surface area (TPSA) is 63.6 Å². The Morgan fingerprint density at radius 3 is 1.55 bits per heavy atom. The molecule has 0 aliphatic carbocycles. The summed E-state index contributed by atoms with van der Waals surface area (Å²) < 4.78 is 5.84. The standard InChI is InChI=1S/C38H64O4/c1-3-5-7-9-11-13-14-15-16-17-18-19-20-21-22-23-25-27-29-35-38(41)42-36(33-30-31-34-37(39)40)32-28-26-24-12-10-8-6-4-2/h5,7,11,13,15-16,18-19,21-22,36H,3-4,6,8-10,12,14,17,20,23-35H2,1-2H3,(H,39,40)/b7-5-,13-11-,16-15-,19-18-,22-21-. The minimum absolute atomic E-state index is 0.0623. The first-order chi connectivity index (χ1) is 20.6. The van der Waals surface area contributed by atoms with Gasteiger partial charge in [-0.1, -0.05) is 126 Å². The quantitative estimate of drug-likeness (QED) is 0.0518. The van der Waals surface area contributed by atoms with Gasteiger partial charge < -0.3 is 9.84 Å². The maximum Gasteiger partial charge on any atom is 0.306 e. The van der Waals surface area contributed by atoms with Crippen molar-refractivity contribution in [3.05, 3.63) is 60.8 Å². The van der Waals surface area contributed by atoms with Gasteiger partial charge in [0.25, 0.3) is 0 Å². The zero-order valence-electron chi connectivity index (χ0n) is 27.3. The number of rotatable bonds is 30. The first kappa shape index (κ1) is 39.6. The molecular weight excluding hydrogens is 520 g/mol. The Hall–Kier alpha value is -2.36. The van der Waals surface area contributed by atoms with Gasteiger partial charge in [-0.2, -0.15) is 0 Å². The molecule has 0 spiro atoms. The van der Waals surface area contributed by atoms with Crippen LogP contribution in [-0.4, -0.2) is 23.1 Å². The molecule has 0 radical (unpaired) electrons. The van der Waals surface area contributed by atoms with Crippen molar-refractivity contribution in [2.75, 3.05) is 0 Å². The van der Waals surface area contributed by atoms with Crippen LogP contribution in [0.4, 0.5) is 0 Å². The van der Waals surface area contributed by atoms with E-state index >= 15 is 0 Å². The zero-order valence-corrected chi connectivity index (χ0v) is 27.3. The van der Waals surface area contributed by atoms with E-state index in [-0.39, 0.29) is 18.5 Å². The molecule has 4 nitrogen and oxygen atoms in total. The average molecular weight is 585 g/mol. The van der Waals surface area contributed by atoms with Gasteiger partial charge in [-0.15, -0.1) is 0 Å². The third-order valence-electron chi connectivity index (χ3n) is 7.25. The fourth-order valence-corrected chi connectivity index (χ4v) is 4.74. The molecule has 0 aromatic rings. The molecule has 1 unspecified atom stereocenters. The highest BCUT2D eigenvalue weighted by Crippen LogP contribution is 2.17. The lowest BCUT2D eigenvalue weighted by Gasteiger charge is -2.18. The summed E-state index contributed by atoms with van der Waals surface area (Å²) >= 11 is 0. The summed E-state index contributed by atoms with van der Waals surface area (Å²) in [5, 5.41) is 8.89. The van der Waals surface area contributed by atoms with Crippen LogP contribution in [0.3, 0.4) is 0 Å². The molecule has 4 heteroatoms. The Bertz CT molecular complexity index is 759. The smallest absolute Gasteiger partial charge is 0.306 e. The van der Waals surface area contributed by atoms with Crippen LogP contribution in [0, 0.1) is 0 Å². The fourth-order valence-electron chi connectivity index (χ4n) is 4.74. The number of carbonyl (C=O) groups excluding carboxylic acids is 1. The molecule has 1 atom stereocenters. The van der Waals surface area contributed by atoms with Gasteiger partial charge in [0, 0.05) is 12.8 Å². The number of carboxylic acid groups (broad SMARTS) is 1. The van der Waals surface area contributed by atoms with Crippen molar-refractivity contribution >= 4 is 11.9 Å². The van der Waals surface area contributed by atoms with Crippen molar-refractivity contribution in [3.63, 3.8) is 0 Å². The number of carbonyl (C=O) groups is 2. The summed E-state index contributed by atoms with van der Waals surface area (Å²) in [6.07, 6.45) is 45.1. The van der Waals surface area contributed by atoms with Crippen molar-refractivity contribution in [3.8, 4) is 0 Å². The number of hydrogen-bond acceptors (Lipinski definition) is 3. The molecule has 0 fully saturated rings. The van der Waals surface area contributed by atoms with Gasteiger partial charge in [-0.3, -0.25) is 9.59 Å². The molecule has 0 saturated carbocycles. The largest absolute Gasteiger partial charge is 0.481 e. The number of unbranched alkanes of at least 4 members (excludes halogenated alkanes) is 11. The predicted octanol–water partition coefficient (Wildman–Crippen LogP) is 11.8. The molecule has 1 N–H and O–H groups in total. The highest BCUT2D eigenvalue weighted by atomic mass is 16.5. The van der Waals surface area contributed by atoms with E-state index in [0.29, 0.717) is 12.8 Å². The van der Waals surface area contributed by atoms with Crippen LogP contribution < -0.4 is 0 Å². The normalized spacial score (nSPS) is 13.0. The van der Waals surface area contributed by atoms with Crippen molar-refractivity contribution in [2.24, 2.45) is 0 Å². The second-order valence-corrected chi connectivity index (χ2v) is 11.3. The van der Waals surface area contributed by atoms with Crippen LogP contribution in [-0.2, 0) is 14.3 Å². The van der Waals surface area contributed by atoms with E-state index in [1.165, 1.54) is 44.9 Å². The Balaban J connectivity index is 3.96. The maximum atomic E-state index is 12.5. The van der Waals surface area contributed by atoms with Crippen LogP contribution in [0.1, 0.15) is 162 Å². The van der Waals surface area contributed by atoms with Gasteiger partial charge in [-0.05, 0) is 83.5 Å². The number of ether oxygens (including phenoxy) is 1. The third kappa shape index (κ3) is 32.2. The summed E-state index contributed by atoms with van der Waals surface area (Å²) in [6, 6.07) is 0. The third-order valence-corrected chi connectivity index (χ3v) is 7.25. The van der Waals surface area contributed by atoms with E-state index in [4.69, 9.17) is 9.84 Å². The van der Waals surface area contributed by atoms with Gasteiger partial charge >= 0.3 is 11.9 Å². The predicted molar refractivity (Wildman–Crippen MR) is 181 cm³/mol. The van der Waals surface area contributed by atoms with Crippen LogP contribution in [0.15, 0.2) is 60.8 Å². The maximum absolute atomic E-state index is 12.5. The van der Waals surface area contributed by atoms with Crippen LogP contribution in [0.2, 0.25) is 0 Å². The minimum Gasteiger partial charge on any atom is -0.481 e. The molecule has 0 bridgehead atoms. The minimum atomic E-state index is -0.754. The van der Waals surface area contributed by atoms with E-state index in [0.717, 1.165) is 83.5 Å². The second-order valence-electron chi connectivity index (χ2n) is 11.3. The Morgan fingerprint density at radius 2 is 1.00 bits per heavy atom. The van der Waals surface area contributed by atoms with Gasteiger partial charge in [0.1, 0.15) is 6.10 Å². The van der Waals surface area contributed by atoms with E-state index in [2.05, 4.69) is 74.6 Å². The van der Waals surface area contributed by atoms with Gasteiger partial charge in [0.05, 0.1) is 0 Å².